The number of carbonyl (C=O) groups excluding carboxylic acids is 1. The predicted octanol–water partition coefficient (Wildman–Crippen LogP) is 2.03. The lowest BCUT2D eigenvalue weighted by molar-refractivity contribution is -0.120. The molecule has 0 aromatic heterocycles. The van der Waals surface area contributed by atoms with E-state index in [4.69, 9.17) is 4.74 Å². The second-order valence-corrected chi connectivity index (χ2v) is 5.14. The Balaban J connectivity index is 2.26. The van der Waals surface area contributed by atoms with Gasteiger partial charge in [0.25, 0.3) is 0 Å². The molecule has 74 valence electrons. The molecule has 2 rings (SSSR count). The first kappa shape index (κ1) is 9.20. The van der Waals surface area contributed by atoms with E-state index in [2.05, 4.69) is 20.8 Å². The van der Waals surface area contributed by atoms with Gasteiger partial charge in [-0.1, -0.05) is 20.8 Å². The van der Waals surface area contributed by atoms with E-state index in [1.165, 1.54) is 0 Å². The smallest absolute Gasteiger partial charge is 0.175 e. The highest BCUT2D eigenvalue weighted by molar-refractivity contribution is 6.12. The molecule has 0 N–H and O–H groups in total. The predicted molar refractivity (Wildman–Crippen MR) is 50.4 cm³/mol. The standard InChI is InChI=1S/C11H18O2/c1-7(2)5-11-8(3)6-13-10(11,4)9(11)12/h7-8H,5-6H2,1-4H3. The number of ether oxygens (including phenoxy) is 1. The van der Waals surface area contributed by atoms with Crippen LogP contribution in [-0.2, 0) is 9.53 Å². The summed E-state index contributed by atoms with van der Waals surface area (Å²) in [6, 6.07) is 0. The van der Waals surface area contributed by atoms with Gasteiger partial charge in [-0.25, -0.2) is 0 Å². The highest BCUT2D eigenvalue weighted by atomic mass is 16.5. The maximum atomic E-state index is 11.8. The Morgan fingerprint density at radius 1 is 1.62 bits per heavy atom. The first-order chi connectivity index (χ1) is 5.95. The van der Waals surface area contributed by atoms with Gasteiger partial charge in [-0.3, -0.25) is 4.79 Å². The van der Waals surface area contributed by atoms with Crippen LogP contribution in [0.2, 0.25) is 0 Å². The zero-order valence-electron chi connectivity index (χ0n) is 8.89. The molecule has 0 radical (unpaired) electrons. The van der Waals surface area contributed by atoms with Crippen LogP contribution in [0.4, 0.5) is 0 Å². The Hall–Kier alpha value is -0.370. The molecule has 1 aliphatic heterocycles. The van der Waals surface area contributed by atoms with Crippen LogP contribution in [0.25, 0.3) is 0 Å². The van der Waals surface area contributed by atoms with E-state index in [1.54, 1.807) is 0 Å². The monoisotopic (exact) mass is 182 g/mol. The number of carbonyl (C=O) groups is 1. The number of ketones is 1. The molecule has 2 aliphatic rings. The van der Waals surface area contributed by atoms with Crippen LogP contribution in [0.5, 0.6) is 0 Å². The molecule has 1 saturated heterocycles. The number of hydrogen-bond acceptors (Lipinski definition) is 2. The van der Waals surface area contributed by atoms with E-state index in [-0.39, 0.29) is 5.41 Å². The second kappa shape index (κ2) is 2.35. The molecule has 2 fully saturated rings. The fraction of sp³-hybridized carbons (Fsp3) is 0.909. The highest BCUT2D eigenvalue weighted by Crippen LogP contribution is 2.66. The lowest BCUT2D eigenvalue weighted by Gasteiger charge is -2.18. The van der Waals surface area contributed by atoms with Crippen molar-refractivity contribution in [1.29, 1.82) is 0 Å². The third-order valence-electron chi connectivity index (χ3n) is 3.82. The molecular weight excluding hydrogens is 164 g/mol. The molecule has 0 aromatic rings. The Bertz CT molecular complexity index is 259. The summed E-state index contributed by atoms with van der Waals surface area (Å²) in [6.07, 6.45) is 0.990. The van der Waals surface area contributed by atoms with Crippen molar-refractivity contribution >= 4 is 5.78 Å². The lowest BCUT2D eigenvalue weighted by Crippen LogP contribution is -2.19. The van der Waals surface area contributed by atoms with E-state index in [1.807, 2.05) is 6.92 Å². The van der Waals surface area contributed by atoms with Crippen LogP contribution < -0.4 is 0 Å². The molecule has 1 aliphatic carbocycles. The summed E-state index contributed by atoms with van der Waals surface area (Å²) in [5.74, 6) is 1.33. The number of fused-ring (bicyclic) bond motifs is 1. The van der Waals surface area contributed by atoms with Gasteiger partial charge in [0.15, 0.2) is 5.78 Å². The molecule has 0 bridgehead atoms. The minimum atomic E-state index is -0.420. The van der Waals surface area contributed by atoms with Crippen LogP contribution in [0.15, 0.2) is 0 Å². The van der Waals surface area contributed by atoms with Crippen molar-refractivity contribution in [2.45, 2.75) is 39.7 Å². The molecule has 0 spiro atoms. The molecule has 0 amide bonds. The molecular formula is C11H18O2. The van der Waals surface area contributed by atoms with Gasteiger partial charge in [0, 0.05) is 0 Å². The van der Waals surface area contributed by atoms with E-state index in [0.29, 0.717) is 17.6 Å². The lowest BCUT2D eigenvalue weighted by atomic mass is 9.82. The Morgan fingerprint density at radius 3 is 2.62 bits per heavy atom. The molecule has 3 unspecified atom stereocenters. The average Bonchev–Trinajstić information content (AvgIpc) is 2.33. The van der Waals surface area contributed by atoms with Crippen LogP contribution in [0.3, 0.4) is 0 Å². The van der Waals surface area contributed by atoms with Gasteiger partial charge in [-0.15, -0.1) is 0 Å². The summed E-state index contributed by atoms with van der Waals surface area (Å²) in [7, 11) is 0. The zero-order chi connectivity index (χ0) is 9.85. The second-order valence-electron chi connectivity index (χ2n) is 5.14. The summed E-state index contributed by atoms with van der Waals surface area (Å²) in [5, 5.41) is 0. The van der Waals surface area contributed by atoms with E-state index < -0.39 is 5.60 Å². The summed E-state index contributed by atoms with van der Waals surface area (Å²) in [4.78, 5) is 11.8. The average molecular weight is 182 g/mol. The fourth-order valence-corrected chi connectivity index (χ4v) is 3.01. The molecule has 13 heavy (non-hydrogen) atoms. The molecule has 3 atom stereocenters. The minimum absolute atomic E-state index is 0.124. The number of rotatable bonds is 2. The number of Topliss-reactive ketones (excluding diaryl/α,β-unsaturated/α-hetero) is 1. The molecule has 0 aromatic carbocycles. The normalized spacial score (nSPS) is 48.4. The largest absolute Gasteiger partial charge is 0.366 e. The van der Waals surface area contributed by atoms with Crippen molar-refractivity contribution in [3.8, 4) is 0 Å². The first-order valence-corrected chi connectivity index (χ1v) is 5.14. The summed E-state index contributed by atoms with van der Waals surface area (Å²) in [5.41, 5.74) is -0.544. The van der Waals surface area contributed by atoms with E-state index in [0.717, 1.165) is 13.0 Å². The van der Waals surface area contributed by atoms with Gasteiger partial charge in [0.05, 0.1) is 12.0 Å². The van der Waals surface area contributed by atoms with Crippen LogP contribution in [-0.4, -0.2) is 18.0 Å². The van der Waals surface area contributed by atoms with Gasteiger partial charge >= 0.3 is 0 Å². The number of hydrogen-bond donors (Lipinski definition) is 0. The van der Waals surface area contributed by atoms with Gasteiger partial charge in [0.2, 0.25) is 0 Å². The van der Waals surface area contributed by atoms with Crippen molar-refractivity contribution in [1.82, 2.24) is 0 Å². The van der Waals surface area contributed by atoms with Crippen molar-refractivity contribution in [3.63, 3.8) is 0 Å². The van der Waals surface area contributed by atoms with Crippen molar-refractivity contribution in [2.75, 3.05) is 6.61 Å². The Labute approximate surface area is 79.7 Å². The highest BCUT2D eigenvalue weighted by Gasteiger charge is 2.80. The van der Waals surface area contributed by atoms with Crippen molar-refractivity contribution in [3.05, 3.63) is 0 Å². The SMILES string of the molecule is CC(C)CC12C(=O)C1(C)OCC2C. The third kappa shape index (κ3) is 0.850. The van der Waals surface area contributed by atoms with E-state index >= 15 is 0 Å². The van der Waals surface area contributed by atoms with Crippen LogP contribution in [0, 0.1) is 17.3 Å². The minimum Gasteiger partial charge on any atom is -0.366 e. The van der Waals surface area contributed by atoms with Gasteiger partial charge < -0.3 is 4.74 Å². The first-order valence-electron chi connectivity index (χ1n) is 5.14. The fourth-order valence-electron chi connectivity index (χ4n) is 3.01. The molecule has 2 nitrogen and oxygen atoms in total. The molecule has 2 heteroatoms. The Kier molecular flexibility index (Phi) is 1.66. The van der Waals surface area contributed by atoms with Gasteiger partial charge in [-0.05, 0) is 25.2 Å². The molecule has 1 heterocycles. The van der Waals surface area contributed by atoms with Crippen LogP contribution >= 0.6 is 0 Å². The summed E-state index contributed by atoms with van der Waals surface area (Å²) in [6.45, 7) is 9.20. The quantitative estimate of drug-likeness (QED) is 0.653. The van der Waals surface area contributed by atoms with Gasteiger partial charge in [0.1, 0.15) is 5.60 Å². The van der Waals surface area contributed by atoms with Gasteiger partial charge in [-0.2, -0.15) is 0 Å². The third-order valence-corrected chi connectivity index (χ3v) is 3.82. The summed E-state index contributed by atoms with van der Waals surface area (Å²) < 4.78 is 5.59. The summed E-state index contributed by atoms with van der Waals surface area (Å²) >= 11 is 0. The molecule has 1 saturated carbocycles. The zero-order valence-corrected chi connectivity index (χ0v) is 8.89. The maximum absolute atomic E-state index is 11.8. The van der Waals surface area contributed by atoms with Crippen LogP contribution in [0.1, 0.15) is 34.1 Å². The van der Waals surface area contributed by atoms with Crippen molar-refractivity contribution < 1.29 is 9.53 Å². The maximum Gasteiger partial charge on any atom is 0.175 e. The Morgan fingerprint density at radius 2 is 2.23 bits per heavy atom. The topological polar surface area (TPSA) is 26.3 Å². The van der Waals surface area contributed by atoms with Crippen molar-refractivity contribution in [2.24, 2.45) is 17.3 Å². The van der Waals surface area contributed by atoms with E-state index in [9.17, 15) is 4.79 Å².